The Balaban J connectivity index is 1.60. The summed E-state index contributed by atoms with van der Waals surface area (Å²) in [6, 6.07) is 27.0. The number of hydrogen-bond acceptors (Lipinski definition) is 4. The minimum absolute atomic E-state index is 0.114. The van der Waals surface area contributed by atoms with E-state index in [0.29, 0.717) is 23.5 Å². The van der Waals surface area contributed by atoms with Crippen LogP contribution in [-0.2, 0) is 29.1 Å². The van der Waals surface area contributed by atoms with Gasteiger partial charge >= 0.3 is 0 Å². The first-order chi connectivity index (χ1) is 17.6. The molecule has 1 heterocycles. The van der Waals surface area contributed by atoms with Gasteiger partial charge in [-0.3, -0.25) is 9.59 Å². The lowest BCUT2D eigenvalue weighted by Gasteiger charge is -2.31. The number of nitrogens with one attached hydrogen (secondary N) is 1. The van der Waals surface area contributed by atoms with Crippen LogP contribution < -0.4 is 10.1 Å². The summed E-state index contributed by atoms with van der Waals surface area (Å²) in [7, 11) is 0. The molecule has 0 aliphatic rings. The molecule has 0 saturated carbocycles. The first kappa shape index (κ1) is 24.7. The molecular weight excluding hydrogens is 459 g/mol. The number of nitrogens with zero attached hydrogens (tertiary/aromatic N) is 1. The second-order valence-corrected chi connectivity index (χ2v) is 8.25. The van der Waals surface area contributed by atoms with E-state index in [1.54, 1.807) is 36.4 Å². The predicted octanol–water partition coefficient (Wildman–Crippen LogP) is 4.75. The topological polar surface area (TPSA) is 71.8 Å². The molecule has 0 saturated heterocycles. The van der Waals surface area contributed by atoms with Crippen LogP contribution in [0.3, 0.4) is 0 Å². The SMILES string of the molecule is O=C(NCc1ccco1)[C@@H](Cc1ccccc1)N(Cc1ccc(F)cc1)C(=O)COc1ccccc1. The van der Waals surface area contributed by atoms with Crippen molar-refractivity contribution in [2.75, 3.05) is 6.61 Å². The van der Waals surface area contributed by atoms with Gasteiger partial charge in [0.25, 0.3) is 5.91 Å². The molecule has 184 valence electrons. The number of rotatable bonds is 11. The Kier molecular flexibility index (Phi) is 8.48. The van der Waals surface area contributed by atoms with Crippen molar-refractivity contribution in [3.8, 4) is 5.75 Å². The Morgan fingerprint density at radius 2 is 1.56 bits per heavy atom. The fourth-order valence-corrected chi connectivity index (χ4v) is 3.79. The Labute approximate surface area is 209 Å². The lowest BCUT2D eigenvalue weighted by Crippen LogP contribution is -2.51. The number of furan rings is 1. The van der Waals surface area contributed by atoms with E-state index in [9.17, 15) is 14.0 Å². The number of carbonyl (C=O) groups excluding carboxylic acids is 2. The zero-order chi connectivity index (χ0) is 25.2. The summed E-state index contributed by atoms with van der Waals surface area (Å²) in [5.74, 6) is 0.0869. The third-order valence-electron chi connectivity index (χ3n) is 5.66. The first-order valence-corrected chi connectivity index (χ1v) is 11.6. The monoisotopic (exact) mass is 486 g/mol. The number of benzene rings is 3. The van der Waals surface area contributed by atoms with Crippen LogP contribution in [0.15, 0.2) is 108 Å². The van der Waals surface area contributed by atoms with Crippen LogP contribution >= 0.6 is 0 Å². The summed E-state index contributed by atoms with van der Waals surface area (Å²) in [4.78, 5) is 28.4. The van der Waals surface area contributed by atoms with Crippen molar-refractivity contribution in [3.05, 3.63) is 126 Å². The number of halogens is 1. The normalized spacial score (nSPS) is 11.5. The van der Waals surface area contributed by atoms with Gasteiger partial charge in [-0.2, -0.15) is 0 Å². The maximum absolute atomic E-state index is 13.5. The zero-order valence-electron chi connectivity index (χ0n) is 19.7. The summed E-state index contributed by atoms with van der Waals surface area (Å²) in [5.41, 5.74) is 1.60. The average molecular weight is 487 g/mol. The zero-order valence-corrected chi connectivity index (χ0v) is 19.7. The molecule has 1 N–H and O–H groups in total. The molecule has 0 fully saturated rings. The van der Waals surface area contributed by atoms with Crippen molar-refractivity contribution in [2.24, 2.45) is 0 Å². The van der Waals surface area contributed by atoms with Gasteiger partial charge in [-0.15, -0.1) is 0 Å². The van der Waals surface area contributed by atoms with Crippen LogP contribution in [0.2, 0.25) is 0 Å². The molecule has 1 aromatic heterocycles. The fourth-order valence-electron chi connectivity index (χ4n) is 3.79. The standard InChI is InChI=1S/C29H27FN2O4/c30-24-15-13-23(14-16-24)20-32(28(33)21-36-25-10-5-2-6-11-25)27(18-22-8-3-1-4-9-22)29(34)31-19-26-12-7-17-35-26/h1-17,27H,18-21H2,(H,31,34)/t27-/m1/s1. The highest BCUT2D eigenvalue weighted by Gasteiger charge is 2.30. The van der Waals surface area contributed by atoms with Crippen LogP contribution in [0.1, 0.15) is 16.9 Å². The first-order valence-electron chi connectivity index (χ1n) is 11.6. The molecule has 7 heteroatoms. The highest BCUT2D eigenvalue weighted by molar-refractivity contribution is 5.88. The van der Waals surface area contributed by atoms with Crippen molar-refractivity contribution >= 4 is 11.8 Å². The van der Waals surface area contributed by atoms with Crippen LogP contribution in [0.25, 0.3) is 0 Å². The molecule has 0 spiro atoms. The Morgan fingerprint density at radius 1 is 0.861 bits per heavy atom. The number of para-hydroxylation sites is 1. The number of amides is 2. The minimum atomic E-state index is -0.834. The van der Waals surface area contributed by atoms with Crippen molar-refractivity contribution in [1.82, 2.24) is 10.2 Å². The molecular formula is C29H27FN2O4. The summed E-state index contributed by atoms with van der Waals surface area (Å²) >= 11 is 0. The molecule has 0 aliphatic carbocycles. The second-order valence-electron chi connectivity index (χ2n) is 8.25. The highest BCUT2D eigenvalue weighted by atomic mass is 19.1. The van der Waals surface area contributed by atoms with E-state index >= 15 is 0 Å². The van der Waals surface area contributed by atoms with Crippen molar-refractivity contribution in [1.29, 1.82) is 0 Å². The minimum Gasteiger partial charge on any atom is -0.484 e. The van der Waals surface area contributed by atoms with E-state index in [-0.39, 0.29) is 37.3 Å². The van der Waals surface area contributed by atoms with Gasteiger partial charge in [-0.05, 0) is 47.5 Å². The van der Waals surface area contributed by atoms with Gasteiger partial charge in [0.1, 0.15) is 23.4 Å². The third-order valence-corrected chi connectivity index (χ3v) is 5.66. The maximum atomic E-state index is 13.5. The second kappa shape index (κ2) is 12.4. The van der Waals surface area contributed by atoms with Gasteiger partial charge < -0.3 is 19.4 Å². The van der Waals surface area contributed by atoms with E-state index in [2.05, 4.69) is 5.32 Å². The Morgan fingerprint density at radius 3 is 2.22 bits per heavy atom. The van der Waals surface area contributed by atoms with Crippen molar-refractivity contribution in [2.45, 2.75) is 25.6 Å². The molecule has 0 radical (unpaired) electrons. The maximum Gasteiger partial charge on any atom is 0.261 e. The van der Waals surface area contributed by atoms with Gasteiger partial charge in [0.2, 0.25) is 5.91 Å². The summed E-state index contributed by atoms with van der Waals surface area (Å²) in [6.45, 7) is 0.0567. The summed E-state index contributed by atoms with van der Waals surface area (Å²) in [5, 5.41) is 2.88. The largest absolute Gasteiger partial charge is 0.484 e. The van der Waals surface area contributed by atoms with E-state index in [1.807, 2.05) is 48.5 Å². The van der Waals surface area contributed by atoms with Crippen LogP contribution in [0.5, 0.6) is 5.75 Å². The molecule has 6 nitrogen and oxygen atoms in total. The molecule has 4 rings (SSSR count). The molecule has 0 aliphatic heterocycles. The lowest BCUT2D eigenvalue weighted by atomic mass is 10.0. The van der Waals surface area contributed by atoms with Gasteiger partial charge in [-0.25, -0.2) is 4.39 Å². The van der Waals surface area contributed by atoms with E-state index < -0.39 is 6.04 Å². The molecule has 0 unspecified atom stereocenters. The molecule has 36 heavy (non-hydrogen) atoms. The quantitative estimate of drug-likeness (QED) is 0.332. The molecule has 2 amide bonds. The summed E-state index contributed by atoms with van der Waals surface area (Å²) < 4.78 is 24.6. The van der Waals surface area contributed by atoms with Crippen LogP contribution in [0.4, 0.5) is 4.39 Å². The van der Waals surface area contributed by atoms with Crippen molar-refractivity contribution in [3.63, 3.8) is 0 Å². The number of ether oxygens (including phenoxy) is 1. The molecule has 4 aromatic rings. The molecule has 3 aromatic carbocycles. The predicted molar refractivity (Wildman–Crippen MR) is 133 cm³/mol. The van der Waals surface area contributed by atoms with Gasteiger partial charge in [0.05, 0.1) is 12.8 Å². The molecule has 0 bridgehead atoms. The summed E-state index contributed by atoms with van der Waals surface area (Å²) in [6.07, 6.45) is 1.83. The highest BCUT2D eigenvalue weighted by Crippen LogP contribution is 2.17. The van der Waals surface area contributed by atoms with Gasteiger partial charge in [-0.1, -0.05) is 60.7 Å². The molecule has 1 atom stereocenters. The lowest BCUT2D eigenvalue weighted by molar-refractivity contribution is -0.142. The van der Waals surface area contributed by atoms with E-state index in [0.717, 1.165) is 5.56 Å². The van der Waals surface area contributed by atoms with Crippen LogP contribution in [0, 0.1) is 5.82 Å². The van der Waals surface area contributed by atoms with Crippen molar-refractivity contribution < 1.29 is 23.1 Å². The number of hydrogen-bond donors (Lipinski definition) is 1. The van der Waals surface area contributed by atoms with Crippen LogP contribution in [-0.4, -0.2) is 29.4 Å². The third kappa shape index (κ3) is 7.06. The van der Waals surface area contributed by atoms with E-state index in [1.165, 1.54) is 23.3 Å². The fraction of sp³-hybridized carbons (Fsp3) is 0.172. The van der Waals surface area contributed by atoms with Gasteiger partial charge in [0.15, 0.2) is 6.61 Å². The Hall–Kier alpha value is -4.39. The van der Waals surface area contributed by atoms with Gasteiger partial charge in [0, 0.05) is 13.0 Å². The average Bonchev–Trinajstić information content (AvgIpc) is 3.44. The Bertz CT molecular complexity index is 1230. The number of carbonyl (C=O) groups is 2. The van der Waals surface area contributed by atoms with E-state index in [4.69, 9.17) is 9.15 Å². The smallest absolute Gasteiger partial charge is 0.261 e.